The first kappa shape index (κ1) is 17.1. The lowest BCUT2D eigenvalue weighted by atomic mass is 9.98. The van der Waals surface area contributed by atoms with Crippen molar-refractivity contribution in [3.63, 3.8) is 0 Å². The van der Waals surface area contributed by atoms with Crippen LogP contribution in [0.4, 0.5) is 0 Å². The van der Waals surface area contributed by atoms with Crippen LogP contribution in [0.1, 0.15) is 32.4 Å². The minimum atomic E-state index is -0.201. The van der Waals surface area contributed by atoms with Crippen LogP contribution in [-0.2, 0) is 11.3 Å². The third-order valence-electron chi connectivity index (χ3n) is 3.88. The van der Waals surface area contributed by atoms with Crippen LogP contribution in [0.3, 0.4) is 0 Å². The van der Waals surface area contributed by atoms with Crippen LogP contribution < -0.4 is 10.7 Å². The molecule has 24 heavy (non-hydrogen) atoms. The number of thiazole rings is 1. The highest BCUT2D eigenvalue weighted by Gasteiger charge is 2.27. The molecule has 6 nitrogen and oxygen atoms in total. The van der Waals surface area contributed by atoms with Gasteiger partial charge in [0.25, 0.3) is 5.91 Å². The lowest BCUT2D eigenvalue weighted by molar-refractivity contribution is -0.127. The number of thiophene rings is 1. The molecule has 1 atom stereocenters. The summed E-state index contributed by atoms with van der Waals surface area (Å²) in [7, 11) is 0. The molecule has 128 valence electrons. The molecule has 1 unspecified atom stereocenters. The van der Waals surface area contributed by atoms with Crippen LogP contribution in [0.25, 0.3) is 0 Å². The van der Waals surface area contributed by atoms with Crippen molar-refractivity contribution in [3.05, 3.63) is 38.5 Å². The second kappa shape index (κ2) is 7.87. The van der Waals surface area contributed by atoms with Gasteiger partial charge in [-0.1, -0.05) is 6.07 Å². The van der Waals surface area contributed by atoms with Gasteiger partial charge < -0.3 is 5.32 Å². The van der Waals surface area contributed by atoms with E-state index >= 15 is 0 Å². The normalized spacial score (nSPS) is 18.3. The molecular formula is C16H20N4O2S2. The Morgan fingerprint density at radius 3 is 3.04 bits per heavy atom. The van der Waals surface area contributed by atoms with Gasteiger partial charge in [-0.3, -0.25) is 15.0 Å². The van der Waals surface area contributed by atoms with Gasteiger partial charge >= 0.3 is 0 Å². The number of rotatable bonds is 5. The van der Waals surface area contributed by atoms with Gasteiger partial charge in [0.15, 0.2) is 5.01 Å². The minimum Gasteiger partial charge on any atom is -0.351 e. The van der Waals surface area contributed by atoms with Crippen molar-refractivity contribution in [1.82, 2.24) is 20.7 Å². The summed E-state index contributed by atoms with van der Waals surface area (Å²) in [6.07, 6.45) is 3.42. The number of hydrazine groups is 1. The summed E-state index contributed by atoms with van der Waals surface area (Å²) < 4.78 is 0. The number of nitrogens with one attached hydrogen (secondary N) is 2. The number of aromatic nitrogens is 1. The minimum absolute atomic E-state index is 0.0486. The standard InChI is InChI=1S/C16H20N4O2S2/c1-11-8-18-16(24-11)15(22)19-20-6-2-4-12(10-20)14(21)17-9-13-5-3-7-23-13/h3,5,7-8,12H,2,4,6,9-10H2,1H3,(H,17,21)(H,19,22). The summed E-state index contributed by atoms with van der Waals surface area (Å²) in [5.41, 5.74) is 2.87. The van der Waals surface area contributed by atoms with E-state index < -0.39 is 0 Å². The molecule has 0 spiro atoms. The smallest absolute Gasteiger partial charge is 0.294 e. The Kier molecular flexibility index (Phi) is 5.60. The molecule has 1 aliphatic rings. The molecule has 3 rings (SSSR count). The summed E-state index contributed by atoms with van der Waals surface area (Å²) in [6.45, 7) is 3.78. The van der Waals surface area contributed by atoms with Crippen LogP contribution in [0.15, 0.2) is 23.7 Å². The average molecular weight is 364 g/mol. The van der Waals surface area contributed by atoms with Crippen molar-refractivity contribution < 1.29 is 9.59 Å². The Labute approximate surface area is 148 Å². The molecule has 3 heterocycles. The fourth-order valence-electron chi connectivity index (χ4n) is 2.68. The van der Waals surface area contributed by atoms with Gasteiger partial charge in [-0.05, 0) is 31.2 Å². The van der Waals surface area contributed by atoms with Gasteiger partial charge in [-0.25, -0.2) is 9.99 Å². The van der Waals surface area contributed by atoms with Crippen LogP contribution in [0.5, 0.6) is 0 Å². The number of carbonyl (C=O) groups is 2. The van der Waals surface area contributed by atoms with Crippen molar-refractivity contribution >= 4 is 34.5 Å². The molecule has 2 aromatic rings. The maximum Gasteiger partial charge on any atom is 0.294 e. The monoisotopic (exact) mass is 364 g/mol. The van der Waals surface area contributed by atoms with Crippen LogP contribution in [-0.4, -0.2) is 34.9 Å². The number of piperidine rings is 1. The number of hydrogen-bond acceptors (Lipinski definition) is 6. The zero-order valence-corrected chi connectivity index (χ0v) is 15.1. The molecule has 0 saturated carbocycles. The van der Waals surface area contributed by atoms with Crippen LogP contribution >= 0.6 is 22.7 Å². The lowest BCUT2D eigenvalue weighted by Crippen LogP contribution is -2.50. The second-order valence-corrected chi connectivity index (χ2v) is 8.07. The molecule has 1 aliphatic heterocycles. The van der Waals surface area contributed by atoms with Gasteiger partial charge in [-0.15, -0.1) is 22.7 Å². The van der Waals surface area contributed by atoms with E-state index in [4.69, 9.17) is 0 Å². The molecule has 0 bridgehead atoms. The highest BCUT2D eigenvalue weighted by molar-refractivity contribution is 7.13. The largest absolute Gasteiger partial charge is 0.351 e. The summed E-state index contributed by atoms with van der Waals surface area (Å²) in [4.78, 5) is 30.8. The van der Waals surface area contributed by atoms with Crippen molar-refractivity contribution in [2.24, 2.45) is 5.92 Å². The number of nitrogens with zero attached hydrogens (tertiary/aromatic N) is 2. The number of aryl methyl sites for hydroxylation is 1. The molecule has 2 amide bonds. The van der Waals surface area contributed by atoms with E-state index in [1.54, 1.807) is 17.5 Å². The number of carbonyl (C=O) groups excluding carboxylic acids is 2. The quantitative estimate of drug-likeness (QED) is 0.853. The van der Waals surface area contributed by atoms with E-state index in [1.807, 2.05) is 29.4 Å². The molecule has 2 N–H and O–H groups in total. The van der Waals surface area contributed by atoms with Crippen molar-refractivity contribution in [2.45, 2.75) is 26.3 Å². The Morgan fingerprint density at radius 1 is 1.46 bits per heavy atom. The Balaban J connectivity index is 1.50. The van der Waals surface area contributed by atoms with E-state index in [2.05, 4.69) is 15.7 Å². The maximum absolute atomic E-state index is 12.3. The van der Waals surface area contributed by atoms with E-state index in [0.717, 1.165) is 29.1 Å². The highest BCUT2D eigenvalue weighted by Crippen LogP contribution is 2.17. The summed E-state index contributed by atoms with van der Waals surface area (Å²) in [6, 6.07) is 3.98. The molecule has 0 aliphatic carbocycles. The summed E-state index contributed by atoms with van der Waals surface area (Å²) in [5, 5.41) is 7.27. The predicted molar refractivity (Wildman–Crippen MR) is 94.8 cm³/mol. The maximum atomic E-state index is 12.3. The predicted octanol–water partition coefficient (Wildman–Crippen LogP) is 2.19. The first-order chi connectivity index (χ1) is 11.6. The fourth-order valence-corrected chi connectivity index (χ4v) is 3.97. The first-order valence-corrected chi connectivity index (χ1v) is 9.60. The zero-order chi connectivity index (χ0) is 16.9. The van der Waals surface area contributed by atoms with Crippen molar-refractivity contribution in [2.75, 3.05) is 13.1 Å². The number of amides is 2. The fraction of sp³-hybridized carbons (Fsp3) is 0.438. The summed E-state index contributed by atoms with van der Waals surface area (Å²) >= 11 is 3.00. The van der Waals surface area contributed by atoms with E-state index in [-0.39, 0.29) is 17.7 Å². The lowest BCUT2D eigenvalue weighted by Gasteiger charge is -2.31. The molecular weight excluding hydrogens is 344 g/mol. The molecule has 0 aromatic carbocycles. The van der Waals surface area contributed by atoms with Gasteiger partial charge in [0.05, 0.1) is 12.5 Å². The number of hydrogen-bond donors (Lipinski definition) is 2. The molecule has 8 heteroatoms. The molecule has 0 radical (unpaired) electrons. The van der Waals surface area contributed by atoms with Gasteiger partial charge in [0.2, 0.25) is 5.91 Å². The Hall–Kier alpha value is -1.77. The first-order valence-electron chi connectivity index (χ1n) is 7.90. The Bertz CT molecular complexity index is 699. The molecule has 1 saturated heterocycles. The second-order valence-electron chi connectivity index (χ2n) is 5.80. The topological polar surface area (TPSA) is 74.3 Å². The van der Waals surface area contributed by atoms with E-state index in [1.165, 1.54) is 11.3 Å². The molecule has 1 fully saturated rings. The van der Waals surface area contributed by atoms with Gasteiger partial charge in [0, 0.05) is 29.0 Å². The van der Waals surface area contributed by atoms with Crippen molar-refractivity contribution in [1.29, 1.82) is 0 Å². The summed E-state index contributed by atoms with van der Waals surface area (Å²) in [5.74, 6) is -0.253. The Morgan fingerprint density at radius 2 is 2.33 bits per heavy atom. The average Bonchev–Trinajstić information content (AvgIpc) is 3.24. The van der Waals surface area contributed by atoms with E-state index in [0.29, 0.717) is 18.1 Å². The zero-order valence-electron chi connectivity index (χ0n) is 13.4. The van der Waals surface area contributed by atoms with E-state index in [9.17, 15) is 9.59 Å². The third-order valence-corrected chi connectivity index (χ3v) is 5.67. The third kappa shape index (κ3) is 4.40. The van der Waals surface area contributed by atoms with Gasteiger partial charge in [-0.2, -0.15) is 0 Å². The highest BCUT2D eigenvalue weighted by atomic mass is 32.1. The van der Waals surface area contributed by atoms with Crippen LogP contribution in [0, 0.1) is 12.8 Å². The van der Waals surface area contributed by atoms with Gasteiger partial charge in [0.1, 0.15) is 0 Å². The SMILES string of the molecule is Cc1cnc(C(=O)NN2CCCC(C(=O)NCc3cccs3)C2)s1. The van der Waals surface area contributed by atoms with Crippen molar-refractivity contribution in [3.8, 4) is 0 Å². The van der Waals surface area contributed by atoms with Crippen LogP contribution in [0.2, 0.25) is 0 Å². The molecule has 2 aromatic heterocycles.